The van der Waals surface area contributed by atoms with Crippen molar-refractivity contribution in [3.63, 3.8) is 0 Å². The number of nitrogens with one attached hydrogen (secondary N) is 2. The lowest BCUT2D eigenvalue weighted by atomic mass is 10.1. The first-order valence-electron chi connectivity index (χ1n) is 8.71. The summed E-state index contributed by atoms with van der Waals surface area (Å²) < 4.78 is 23.4. The van der Waals surface area contributed by atoms with E-state index in [1.165, 1.54) is 0 Å². The van der Waals surface area contributed by atoms with Gasteiger partial charge in [-0.1, -0.05) is 35.9 Å². The molecule has 28 heavy (non-hydrogen) atoms. The van der Waals surface area contributed by atoms with Gasteiger partial charge in [0.25, 0.3) is 0 Å². The molecule has 0 bridgehead atoms. The van der Waals surface area contributed by atoms with Crippen molar-refractivity contribution in [1.82, 2.24) is 15.5 Å². The zero-order chi connectivity index (χ0) is 20.3. The van der Waals surface area contributed by atoms with Gasteiger partial charge in [0, 0.05) is 18.1 Å². The molecule has 10 heteroatoms. The maximum atomic E-state index is 12.5. The lowest BCUT2D eigenvalue weighted by molar-refractivity contribution is -0.131. The van der Waals surface area contributed by atoms with Crippen LogP contribution in [0.5, 0.6) is 0 Å². The lowest BCUT2D eigenvalue weighted by Gasteiger charge is -2.31. The maximum Gasteiger partial charge on any atom is 0.244 e. The Morgan fingerprint density at radius 3 is 2.64 bits per heavy atom. The summed E-state index contributed by atoms with van der Waals surface area (Å²) in [7, 11) is -3.59. The van der Waals surface area contributed by atoms with Crippen LogP contribution in [-0.2, 0) is 30.6 Å². The fourth-order valence-corrected chi connectivity index (χ4v) is 4.60. The molecule has 0 saturated carbocycles. The number of rotatable bonds is 4. The van der Waals surface area contributed by atoms with Gasteiger partial charge in [-0.15, -0.1) is 0 Å². The normalized spacial score (nSPS) is 23.8. The number of nitrogens with zero attached hydrogens (tertiary/aromatic N) is 1. The number of sulfone groups is 1. The van der Waals surface area contributed by atoms with Gasteiger partial charge in [0.15, 0.2) is 9.84 Å². The molecule has 0 aromatic heterocycles. The van der Waals surface area contributed by atoms with E-state index in [4.69, 9.17) is 11.6 Å². The van der Waals surface area contributed by atoms with Gasteiger partial charge in [-0.05, 0) is 17.7 Å². The van der Waals surface area contributed by atoms with Gasteiger partial charge >= 0.3 is 0 Å². The number of hydrogen-bond donors (Lipinski definition) is 2. The third kappa shape index (κ3) is 5.32. The van der Waals surface area contributed by atoms with E-state index < -0.39 is 45.2 Å². The smallest absolute Gasteiger partial charge is 0.244 e. The number of carbonyl (C=O) groups excluding carboxylic acids is 3. The van der Waals surface area contributed by atoms with E-state index in [2.05, 4.69) is 10.6 Å². The molecular formula is C18H20ClN3O5S. The average molecular weight is 426 g/mol. The Kier molecular flexibility index (Phi) is 6.04. The molecule has 150 valence electrons. The second-order valence-corrected chi connectivity index (χ2v) is 9.37. The molecule has 1 fully saturated rings. The summed E-state index contributed by atoms with van der Waals surface area (Å²) in [5.74, 6) is -2.41. The Labute approximate surface area is 167 Å². The van der Waals surface area contributed by atoms with Crippen molar-refractivity contribution in [1.29, 1.82) is 0 Å². The number of carbonyl (C=O) groups is 3. The van der Waals surface area contributed by atoms with Gasteiger partial charge in [0.2, 0.25) is 17.7 Å². The highest BCUT2D eigenvalue weighted by atomic mass is 35.5. The molecule has 0 radical (unpaired) electrons. The predicted molar refractivity (Wildman–Crippen MR) is 103 cm³/mol. The van der Waals surface area contributed by atoms with Gasteiger partial charge in [-0.25, -0.2) is 8.42 Å². The van der Waals surface area contributed by atoms with Crippen molar-refractivity contribution in [2.45, 2.75) is 18.5 Å². The Bertz CT molecular complexity index is 914. The Balaban J connectivity index is 1.57. The van der Waals surface area contributed by atoms with Crippen molar-refractivity contribution >= 4 is 39.2 Å². The predicted octanol–water partition coefficient (Wildman–Crippen LogP) is -0.321. The molecule has 1 aromatic rings. The molecule has 2 heterocycles. The summed E-state index contributed by atoms with van der Waals surface area (Å²) in [5, 5.41) is 5.67. The van der Waals surface area contributed by atoms with Gasteiger partial charge in [0.05, 0.1) is 18.2 Å². The zero-order valence-electron chi connectivity index (χ0n) is 14.9. The summed E-state index contributed by atoms with van der Waals surface area (Å²) in [4.78, 5) is 38.0. The average Bonchev–Trinajstić information content (AvgIpc) is 2.62. The summed E-state index contributed by atoms with van der Waals surface area (Å²) in [6.45, 7) is 0.690. The molecule has 0 aliphatic carbocycles. The third-order valence-electron chi connectivity index (χ3n) is 4.48. The van der Waals surface area contributed by atoms with Crippen LogP contribution < -0.4 is 10.6 Å². The van der Waals surface area contributed by atoms with Crippen LogP contribution in [0.15, 0.2) is 36.4 Å². The third-order valence-corrected chi connectivity index (χ3v) is 6.28. The molecular weight excluding hydrogens is 406 g/mol. The Morgan fingerprint density at radius 1 is 1.25 bits per heavy atom. The SMILES string of the molecule is O=C1CS(=O)(=O)CC(C(=O)NC2C=CCN(C(=O)Cc3ccc(Cl)cc3)C2)N1. The van der Waals surface area contributed by atoms with E-state index in [1.807, 2.05) is 0 Å². The second-order valence-electron chi connectivity index (χ2n) is 6.82. The van der Waals surface area contributed by atoms with E-state index in [9.17, 15) is 22.8 Å². The van der Waals surface area contributed by atoms with Crippen LogP contribution >= 0.6 is 11.6 Å². The summed E-state index contributed by atoms with van der Waals surface area (Å²) >= 11 is 5.85. The molecule has 2 aliphatic rings. The largest absolute Gasteiger partial charge is 0.346 e. The molecule has 2 aliphatic heterocycles. The van der Waals surface area contributed by atoms with E-state index in [0.29, 0.717) is 11.6 Å². The molecule has 3 amide bonds. The zero-order valence-corrected chi connectivity index (χ0v) is 16.5. The fourth-order valence-electron chi connectivity index (χ4n) is 3.13. The monoisotopic (exact) mass is 425 g/mol. The minimum atomic E-state index is -3.59. The highest BCUT2D eigenvalue weighted by molar-refractivity contribution is 7.92. The minimum Gasteiger partial charge on any atom is -0.346 e. The van der Waals surface area contributed by atoms with Crippen molar-refractivity contribution < 1.29 is 22.8 Å². The van der Waals surface area contributed by atoms with Gasteiger partial charge in [-0.2, -0.15) is 0 Å². The van der Waals surface area contributed by atoms with Crippen LogP contribution in [0.4, 0.5) is 0 Å². The topological polar surface area (TPSA) is 113 Å². The minimum absolute atomic E-state index is 0.0977. The van der Waals surface area contributed by atoms with Gasteiger partial charge < -0.3 is 15.5 Å². The summed E-state index contributed by atoms with van der Waals surface area (Å²) in [5.41, 5.74) is 0.833. The number of benzene rings is 1. The number of hydrogen-bond acceptors (Lipinski definition) is 5. The summed E-state index contributed by atoms with van der Waals surface area (Å²) in [6.07, 6.45) is 3.73. The molecule has 3 rings (SSSR count). The van der Waals surface area contributed by atoms with Crippen molar-refractivity contribution in [3.8, 4) is 0 Å². The first kappa shape index (κ1) is 20.3. The van der Waals surface area contributed by atoms with Crippen LogP contribution in [0.25, 0.3) is 0 Å². The Hall–Kier alpha value is -2.39. The van der Waals surface area contributed by atoms with E-state index in [-0.39, 0.29) is 18.9 Å². The quantitative estimate of drug-likeness (QED) is 0.642. The number of halogens is 1. The van der Waals surface area contributed by atoms with Crippen LogP contribution in [0.3, 0.4) is 0 Å². The highest BCUT2D eigenvalue weighted by Crippen LogP contribution is 2.12. The molecule has 0 spiro atoms. The van der Waals surface area contributed by atoms with E-state index in [1.54, 1.807) is 41.3 Å². The van der Waals surface area contributed by atoms with Crippen molar-refractivity contribution in [2.24, 2.45) is 0 Å². The van der Waals surface area contributed by atoms with Gasteiger partial charge in [0.1, 0.15) is 11.8 Å². The second kappa shape index (κ2) is 8.32. The number of amides is 3. The highest BCUT2D eigenvalue weighted by Gasteiger charge is 2.35. The van der Waals surface area contributed by atoms with Crippen LogP contribution in [-0.4, -0.2) is 67.7 Å². The maximum absolute atomic E-state index is 12.5. The lowest BCUT2D eigenvalue weighted by Crippen LogP contribution is -2.58. The van der Waals surface area contributed by atoms with Crippen LogP contribution in [0.1, 0.15) is 5.56 Å². The van der Waals surface area contributed by atoms with Crippen LogP contribution in [0, 0.1) is 0 Å². The standard InChI is InChI=1S/C18H20ClN3O5S/c19-13-5-3-12(4-6-13)8-17(24)22-7-1-2-14(9-22)20-18(25)15-10-28(26,27)11-16(23)21-15/h1-6,14-15H,7-11H2,(H,20,25)(H,21,23). The molecule has 8 nitrogen and oxygen atoms in total. The van der Waals surface area contributed by atoms with E-state index >= 15 is 0 Å². The Morgan fingerprint density at radius 2 is 1.96 bits per heavy atom. The summed E-state index contributed by atoms with van der Waals surface area (Å²) in [6, 6.07) is 5.42. The van der Waals surface area contributed by atoms with Gasteiger partial charge in [-0.3, -0.25) is 14.4 Å². The first-order chi connectivity index (χ1) is 13.2. The van der Waals surface area contributed by atoms with Crippen LogP contribution in [0.2, 0.25) is 5.02 Å². The van der Waals surface area contributed by atoms with Crippen molar-refractivity contribution in [3.05, 3.63) is 47.0 Å². The molecule has 1 aromatic carbocycles. The first-order valence-corrected chi connectivity index (χ1v) is 10.9. The molecule has 2 atom stereocenters. The molecule has 2 N–H and O–H groups in total. The van der Waals surface area contributed by atoms with E-state index in [0.717, 1.165) is 5.56 Å². The van der Waals surface area contributed by atoms with Crippen molar-refractivity contribution in [2.75, 3.05) is 24.6 Å². The fraction of sp³-hybridized carbons (Fsp3) is 0.389. The molecule has 1 saturated heterocycles. The molecule has 2 unspecified atom stereocenters.